The maximum absolute atomic E-state index is 13.2. The van der Waals surface area contributed by atoms with Gasteiger partial charge in [0, 0.05) is 44.3 Å². The maximum atomic E-state index is 13.2. The van der Waals surface area contributed by atoms with Gasteiger partial charge in [0.05, 0.1) is 37.2 Å². The third-order valence-corrected chi connectivity index (χ3v) is 7.27. The average Bonchev–Trinajstić information content (AvgIpc) is 3.15. The van der Waals surface area contributed by atoms with E-state index in [9.17, 15) is 9.59 Å². The Hall–Kier alpha value is -3.44. The van der Waals surface area contributed by atoms with Gasteiger partial charge in [-0.25, -0.2) is 9.50 Å². The number of pyridine rings is 1. The molecule has 1 aliphatic heterocycles. The van der Waals surface area contributed by atoms with Crippen LogP contribution in [0.3, 0.4) is 0 Å². The molecule has 0 spiro atoms. The van der Waals surface area contributed by atoms with Gasteiger partial charge < -0.3 is 30.0 Å². The number of imidazole rings is 1. The fraction of sp³-hybridized carbons (Fsp3) is 0.478. The third-order valence-electron chi connectivity index (χ3n) is 7.27. The minimum Gasteiger partial charge on any atom is -0.385 e. The van der Waals surface area contributed by atoms with E-state index >= 15 is 0 Å². The zero-order valence-electron chi connectivity index (χ0n) is 19.0. The molecule has 0 unspecified atom stereocenters. The van der Waals surface area contributed by atoms with Gasteiger partial charge >= 0.3 is 0 Å². The number of hydrogen-bond acceptors (Lipinski definition) is 8. The van der Waals surface area contributed by atoms with Crippen molar-refractivity contribution >= 4 is 28.7 Å². The van der Waals surface area contributed by atoms with Crippen LogP contribution < -0.4 is 21.5 Å². The van der Waals surface area contributed by atoms with Crippen molar-refractivity contribution in [2.45, 2.75) is 31.0 Å². The van der Waals surface area contributed by atoms with Crippen LogP contribution in [-0.2, 0) is 9.47 Å². The standard InChI is InChI=1S/C23H27N7O4/c1-24-16-8-19(26-15-4-3-7-29(23(15)32)20-12-10-34-11-13(12)20)28-30-17(9-25-21(16)30)22(31)27-14-5-6-18(14)33-2/h3-4,7-9,12-14,18,20,24H,5-6,10-11H2,1-2H3,(H,26,28)(H,27,31)/t12-,13+,14-,18-,20+/m1/s1. The molecular weight excluding hydrogens is 438 g/mol. The van der Waals surface area contributed by atoms with Crippen LogP contribution in [0.2, 0.25) is 0 Å². The van der Waals surface area contributed by atoms with Crippen LogP contribution in [-0.4, -0.2) is 64.6 Å². The molecule has 3 aromatic rings. The molecule has 1 saturated heterocycles. The Kier molecular flexibility index (Phi) is 5.03. The lowest BCUT2D eigenvalue weighted by atomic mass is 9.89. The lowest BCUT2D eigenvalue weighted by molar-refractivity contribution is 0.00718. The van der Waals surface area contributed by atoms with Crippen molar-refractivity contribution in [2.75, 3.05) is 38.0 Å². The number of nitrogens with one attached hydrogen (secondary N) is 3. The largest absolute Gasteiger partial charge is 0.385 e. The van der Waals surface area contributed by atoms with Gasteiger partial charge in [0.25, 0.3) is 11.5 Å². The minimum absolute atomic E-state index is 0.0248. The second-order valence-electron chi connectivity index (χ2n) is 9.12. The van der Waals surface area contributed by atoms with Crippen LogP contribution in [0.15, 0.2) is 35.4 Å². The molecular formula is C23H27N7O4. The molecule has 0 bridgehead atoms. The molecule has 34 heavy (non-hydrogen) atoms. The van der Waals surface area contributed by atoms with Crippen molar-refractivity contribution < 1.29 is 14.3 Å². The Labute approximate surface area is 195 Å². The number of fused-ring (bicyclic) bond motifs is 2. The summed E-state index contributed by atoms with van der Waals surface area (Å²) in [4.78, 5) is 30.5. The summed E-state index contributed by atoms with van der Waals surface area (Å²) in [6.07, 6.45) is 5.16. The van der Waals surface area contributed by atoms with E-state index in [0.29, 0.717) is 53.6 Å². The number of amides is 1. The van der Waals surface area contributed by atoms with E-state index in [-0.39, 0.29) is 29.7 Å². The number of methoxy groups -OCH3 is 1. The van der Waals surface area contributed by atoms with E-state index in [0.717, 1.165) is 12.8 Å². The van der Waals surface area contributed by atoms with E-state index in [1.165, 1.54) is 10.7 Å². The summed E-state index contributed by atoms with van der Waals surface area (Å²) in [5.41, 5.74) is 1.83. The summed E-state index contributed by atoms with van der Waals surface area (Å²) in [5, 5.41) is 13.8. The summed E-state index contributed by atoms with van der Waals surface area (Å²) < 4.78 is 14.1. The number of anilines is 3. The summed E-state index contributed by atoms with van der Waals surface area (Å²) >= 11 is 0. The first-order valence-electron chi connectivity index (χ1n) is 11.5. The Morgan fingerprint density at radius 1 is 1.24 bits per heavy atom. The zero-order valence-corrected chi connectivity index (χ0v) is 19.0. The number of aromatic nitrogens is 4. The molecule has 0 radical (unpaired) electrons. The number of carbonyl (C=O) groups is 1. The van der Waals surface area contributed by atoms with E-state index in [1.54, 1.807) is 30.9 Å². The summed E-state index contributed by atoms with van der Waals surface area (Å²) in [7, 11) is 3.42. The van der Waals surface area contributed by atoms with Crippen LogP contribution in [0, 0.1) is 11.8 Å². The summed E-state index contributed by atoms with van der Waals surface area (Å²) in [5.74, 6) is 0.990. The molecule has 11 nitrogen and oxygen atoms in total. The van der Waals surface area contributed by atoms with Gasteiger partial charge in [-0.1, -0.05) is 0 Å². The normalized spacial score (nSPS) is 27.2. The fourth-order valence-corrected chi connectivity index (χ4v) is 5.13. The van der Waals surface area contributed by atoms with Gasteiger partial charge in [-0.15, -0.1) is 5.10 Å². The van der Waals surface area contributed by atoms with Gasteiger partial charge in [0.15, 0.2) is 17.2 Å². The molecule has 1 amide bonds. The minimum atomic E-state index is -0.268. The SMILES string of the molecule is CNc1cc(Nc2cccn([C@H]3[C@@H]4COC[C@@H]43)c2=O)nn2c(C(=O)N[C@@H]3CC[C@H]3OC)cnc12. The first-order valence-corrected chi connectivity index (χ1v) is 11.5. The van der Waals surface area contributed by atoms with E-state index in [4.69, 9.17) is 9.47 Å². The number of carbonyl (C=O) groups excluding carboxylic acids is 1. The van der Waals surface area contributed by atoms with Crippen molar-refractivity contribution in [3.8, 4) is 0 Å². The molecule has 3 aliphatic rings. The third kappa shape index (κ3) is 3.34. The highest BCUT2D eigenvalue weighted by Crippen LogP contribution is 2.53. The number of hydrogen-bond donors (Lipinski definition) is 3. The van der Waals surface area contributed by atoms with Crippen LogP contribution >= 0.6 is 0 Å². The van der Waals surface area contributed by atoms with Crippen molar-refractivity contribution in [1.29, 1.82) is 0 Å². The average molecular weight is 466 g/mol. The van der Waals surface area contributed by atoms with E-state index < -0.39 is 0 Å². The second-order valence-corrected chi connectivity index (χ2v) is 9.12. The molecule has 2 saturated carbocycles. The first-order chi connectivity index (χ1) is 16.6. The molecule has 2 aliphatic carbocycles. The second kappa shape index (κ2) is 8.10. The lowest BCUT2D eigenvalue weighted by Gasteiger charge is -2.35. The van der Waals surface area contributed by atoms with Crippen molar-refractivity contribution in [3.05, 3.63) is 46.6 Å². The Bertz CT molecular complexity index is 1310. The van der Waals surface area contributed by atoms with Gasteiger partial charge in [-0.3, -0.25) is 9.59 Å². The van der Waals surface area contributed by atoms with Crippen LogP contribution in [0.4, 0.5) is 17.2 Å². The smallest absolute Gasteiger partial charge is 0.274 e. The maximum Gasteiger partial charge on any atom is 0.274 e. The highest BCUT2D eigenvalue weighted by molar-refractivity contribution is 5.94. The monoisotopic (exact) mass is 465 g/mol. The van der Waals surface area contributed by atoms with Crippen LogP contribution in [0.1, 0.15) is 29.4 Å². The topological polar surface area (TPSA) is 124 Å². The van der Waals surface area contributed by atoms with Crippen LogP contribution in [0.25, 0.3) is 5.65 Å². The molecule has 3 N–H and O–H groups in total. The van der Waals surface area contributed by atoms with Crippen LogP contribution in [0.5, 0.6) is 0 Å². The number of rotatable bonds is 7. The van der Waals surface area contributed by atoms with E-state index in [2.05, 4.69) is 26.0 Å². The molecule has 0 aromatic carbocycles. The molecule has 3 fully saturated rings. The Balaban J connectivity index is 1.30. The fourth-order valence-electron chi connectivity index (χ4n) is 5.13. The predicted octanol–water partition coefficient (Wildman–Crippen LogP) is 1.40. The number of nitrogens with zero attached hydrogens (tertiary/aromatic N) is 4. The molecule has 3 aromatic heterocycles. The van der Waals surface area contributed by atoms with Gasteiger partial charge in [-0.05, 0) is 25.0 Å². The van der Waals surface area contributed by atoms with Gasteiger partial charge in [0.2, 0.25) is 0 Å². The van der Waals surface area contributed by atoms with Crippen molar-refractivity contribution in [3.63, 3.8) is 0 Å². The first kappa shape index (κ1) is 21.1. The zero-order chi connectivity index (χ0) is 23.4. The Morgan fingerprint density at radius 2 is 2.06 bits per heavy atom. The van der Waals surface area contributed by atoms with Crippen molar-refractivity contribution in [2.24, 2.45) is 11.8 Å². The lowest BCUT2D eigenvalue weighted by Crippen LogP contribution is -2.51. The number of ether oxygens (including phenoxy) is 2. The van der Waals surface area contributed by atoms with Crippen molar-refractivity contribution in [1.82, 2.24) is 24.5 Å². The summed E-state index contributed by atoms with van der Waals surface area (Å²) in [6, 6.07) is 5.53. The Morgan fingerprint density at radius 3 is 2.76 bits per heavy atom. The van der Waals surface area contributed by atoms with Gasteiger partial charge in [0.1, 0.15) is 5.69 Å². The quantitative estimate of drug-likeness (QED) is 0.478. The molecule has 5 atom stereocenters. The molecule has 4 heterocycles. The highest BCUT2D eigenvalue weighted by atomic mass is 16.5. The predicted molar refractivity (Wildman–Crippen MR) is 125 cm³/mol. The molecule has 11 heteroatoms. The van der Waals surface area contributed by atoms with Gasteiger partial charge in [-0.2, -0.15) is 0 Å². The highest BCUT2D eigenvalue weighted by Gasteiger charge is 2.55. The molecule has 178 valence electrons. The summed E-state index contributed by atoms with van der Waals surface area (Å²) in [6.45, 7) is 1.42. The molecule has 6 rings (SSSR count). The van der Waals surface area contributed by atoms with E-state index in [1.807, 2.05) is 12.3 Å².